The van der Waals surface area contributed by atoms with Crippen LogP contribution in [0.1, 0.15) is 27.6 Å². The van der Waals surface area contributed by atoms with Gasteiger partial charge in [0.1, 0.15) is 0 Å². The van der Waals surface area contributed by atoms with Gasteiger partial charge in [-0.3, -0.25) is 4.79 Å². The molecule has 0 amide bonds. The third-order valence-electron chi connectivity index (χ3n) is 2.89. The van der Waals surface area contributed by atoms with Crippen molar-refractivity contribution in [3.63, 3.8) is 0 Å². The van der Waals surface area contributed by atoms with Crippen molar-refractivity contribution in [3.8, 4) is 0 Å². The Balaban J connectivity index is 2.23. The van der Waals surface area contributed by atoms with Crippen LogP contribution in [0.15, 0.2) is 48.5 Å². The number of anilines is 2. The first-order chi connectivity index (χ1) is 9.61. The minimum absolute atomic E-state index is 0.000666. The summed E-state index contributed by atoms with van der Waals surface area (Å²) in [7, 11) is 1.34. The van der Waals surface area contributed by atoms with Crippen LogP contribution in [0.25, 0.3) is 0 Å². The first-order valence-corrected chi connectivity index (χ1v) is 6.17. The number of carbonyl (C=O) groups excluding carboxylic acids is 2. The summed E-state index contributed by atoms with van der Waals surface area (Å²) in [6.45, 7) is 1.53. The molecule has 2 rings (SSSR count). The third kappa shape index (κ3) is 3.03. The fourth-order valence-corrected chi connectivity index (χ4v) is 1.86. The lowest BCUT2D eigenvalue weighted by molar-refractivity contribution is 0.0600. The molecule has 0 atom stereocenters. The second kappa shape index (κ2) is 6.02. The molecule has 0 aliphatic rings. The predicted octanol–water partition coefficient (Wildman–Crippen LogP) is 3.42. The molecular weight excluding hydrogens is 254 g/mol. The second-order valence-corrected chi connectivity index (χ2v) is 4.30. The molecule has 0 saturated heterocycles. The number of Topliss-reactive ketones (excluding diaryl/α,β-unsaturated/α-hetero) is 1. The van der Waals surface area contributed by atoms with Crippen molar-refractivity contribution in [2.45, 2.75) is 6.92 Å². The molecule has 4 heteroatoms. The van der Waals surface area contributed by atoms with Gasteiger partial charge in [-0.25, -0.2) is 4.79 Å². The molecule has 0 spiro atoms. The summed E-state index contributed by atoms with van der Waals surface area (Å²) in [5.74, 6) is -0.375. The standard InChI is InChI=1S/C16H15NO3/c1-11(18)14-5-3-4-6-15(14)17-13-9-7-12(8-10-13)16(19)20-2/h3-10,17H,1-2H3. The number of hydrogen-bond donors (Lipinski definition) is 1. The normalized spacial score (nSPS) is 9.90. The van der Waals surface area contributed by atoms with Crippen LogP contribution in [-0.2, 0) is 4.74 Å². The first kappa shape index (κ1) is 13.8. The monoisotopic (exact) mass is 269 g/mol. The van der Waals surface area contributed by atoms with Gasteiger partial charge in [-0.2, -0.15) is 0 Å². The fourth-order valence-electron chi connectivity index (χ4n) is 1.86. The molecule has 2 aromatic carbocycles. The smallest absolute Gasteiger partial charge is 0.337 e. The lowest BCUT2D eigenvalue weighted by Crippen LogP contribution is -2.02. The highest BCUT2D eigenvalue weighted by Gasteiger charge is 2.07. The third-order valence-corrected chi connectivity index (χ3v) is 2.89. The molecule has 0 fully saturated rings. The van der Waals surface area contributed by atoms with E-state index in [2.05, 4.69) is 10.1 Å². The number of carbonyl (C=O) groups is 2. The Labute approximate surface area is 117 Å². The zero-order chi connectivity index (χ0) is 14.5. The van der Waals surface area contributed by atoms with Crippen molar-refractivity contribution < 1.29 is 14.3 Å². The van der Waals surface area contributed by atoms with Crippen molar-refractivity contribution >= 4 is 23.1 Å². The number of ether oxygens (including phenoxy) is 1. The number of benzene rings is 2. The van der Waals surface area contributed by atoms with E-state index >= 15 is 0 Å². The number of nitrogens with one attached hydrogen (secondary N) is 1. The maximum Gasteiger partial charge on any atom is 0.337 e. The summed E-state index contributed by atoms with van der Waals surface area (Å²) in [6.07, 6.45) is 0. The van der Waals surface area contributed by atoms with Gasteiger partial charge in [-0.1, -0.05) is 12.1 Å². The van der Waals surface area contributed by atoms with E-state index in [1.165, 1.54) is 14.0 Å². The summed E-state index contributed by atoms with van der Waals surface area (Å²) in [5, 5.41) is 3.17. The summed E-state index contributed by atoms with van der Waals surface area (Å²) in [6, 6.07) is 14.2. The Bertz CT molecular complexity index is 632. The van der Waals surface area contributed by atoms with Gasteiger partial charge >= 0.3 is 5.97 Å². The average molecular weight is 269 g/mol. The lowest BCUT2D eigenvalue weighted by Gasteiger charge is -2.10. The van der Waals surface area contributed by atoms with Gasteiger partial charge in [0.25, 0.3) is 0 Å². The van der Waals surface area contributed by atoms with Gasteiger partial charge in [-0.15, -0.1) is 0 Å². The number of ketones is 1. The van der Waals surface area contributed by atoms with Crippen LogP contribution >= 0.6 is 0 Å². The molecule has 0 aromatic heterocycles. The zero-order valence-electron chi connectivity index (χ0n) is 11.3. The van der Waals surface area contributed by atoms with Crippen LogP contribution < -0.4 is 5.32 Å². The number of rotatable bonds is 4. The van der Waals surface area contributed by atoms with Gasteiger partial charge in [0, 0.05) is 16.9 Å². The molecule has 0 bridgehead atoms. The Morgan fingerprint density at radius 1 is 1.00 bits per heavy atom. The largest absolute Gasteiger partial charge is 0.465 e. The van der Waals surface area contributed by atoms with E-state index in [1.807, 2.05) is 18.2 Å². The van der Waals surface area contributed by atoms with Crippen molar-refractivity contribution in [2.24, 2.45) is 0 Å². The molecule has 0 unspecified atom stereocenters. The molecule has 4 nitrogen and oxygen atoms in total. The van der Waals surface area contributed by atoms with E-state index in [9.17, 15) is 9.59 Å². The molecule has 0 aliphatic heterocycles. The summed E-state index contributed by atoms with van der Waals surface area (Å²) < 4.78 is 4.64. The van der Waals surface area contributed by atoms with E-state index in [1.54, 1.807) is 30.3 Å². The van der Waals surface area contributed by atoms with Crippen LogP contribution in [0.2, 0.25) is 0 Å². The van der Waals surface area contributed by atoms with Crippen LogP contribution in [0.4, 0.5) is 11.4 Å². The van der Waals surface area contributed by atoms with E-state index in [0.717, 1.165) is 11.4 Å². The number of hydrogen-bond acceptors (Lipinski definition) is 4. The minimum atomic E-state index is -0.374. The van der Waals surface area contributed by atoms with Crippen LogP contribution in [0, 0.1) is 0 Å². The summed E-state index contributed by atoms with van der Waals surface area (Å²) in [4.78, 5) is 22.9. The highest BCUT2D eigenvalue weighted by Crippen LogP contribution is 2.21. The van der Waals surface area contributed by atoms with Crippen LogP contribution in [-0.4, -0.2) is 18.9 Å². The maximum atomic E-state index is 11.5. The SMILES string of the molecule is COC(=O)c1ccc(Nc2ccccc2C(C)=O)cc1. The molecule has 0 aliphatic carbocycles. The number of esters is 1. The molecule has 1 N–H and O–H groups in total. The number of methoxy groups -OCH3 is 1. The average Bonchev–Trinajstić information content (AvgIpc) is 2.47. The topological polar surface area (TPSA) is 55.4 Å². The zero-order valence-corrected chi connectivity index (χ0v) is 11.3. The summed E-state index contributed by atoms with van der Waals surface area (Å²) in [5.41, 5.74) is 2.65. The fraction of sp³-hybridized carbons (Fsp3) is 0.125. The number of para-hydroxylation sites is 1. The minimum Gasteiger partial charge on any atom is -0.465 e. The second-order valence-electron chi connectivity index (χ2n) is 4.30. The molecule has 0 heterocycles. The predicted molar refractivity (Wildman–Crippen MR) is 77.5 cm³/mol. The molecule has 20 heavy (non-hydrogen) atoms. The molecule has 2 aromatic rings. The van der Waals surface area contributed by atoms with E-state index in [0.29, 0.717) is 11.1 Å². The molecule has 0 saturated carbocycles. The van der Waals surface area contributed by atoms with Crippen molar-refractivity contribution in [2.75, 3.05) is 12.4 Å². The Hall–Kier alpha value is -2.62. The van der Waals surface area contributed by atoms with Crippen molar-refractivity contribution in [3.05, 3.63) is 59.7 Å². The van der Waals surface area contributed by atoms with Gasteiger partial charge in [0.15, 0.2) is 5.78 Å². The van der Waals surface area contributed by atoms with Gasteiger partial charge < -0.3 is 10.1 Å². The highest BCUT2D eigenvalue weighted by molar-refractivity contribution is 6.00. The quantitative estimate of drug-likeness (QED) is 0.682. The van der Waals surface area contributed by atoms with Crippen molar-refractivity contribution in [1.82, 2.24) is 0 Å². The van der Waals surface area contributed by atoms with E-state index in [-0.39, 0.29) is 11.8 Å². The lowest BCUT2D eigenvalue weighted by atomic mass is 10.1. The van der Waals surface area contributed by atoms with Crippen LogP contribution in [0.3, 0.4) is 0 Å². The van der Waals surface area contributed by atoms with E-state index < -0.39 is 0 Å². The van der Waals surface area contributed by atoms with Gasteiger partial charge in [0.05, 0.1) is 12.7 Å². The Morgan fingerprint density at radius 2 is 1.65 bits per heavy atom. The van der Waals surface area contributed by atoms with Gasteiger partial charge in [-0.05, 0) is 43.3 Å². The summed E-state index contributed by atoms with van der Waals surface area (Å²) >= 11 is 0. The van der Waals surface area contributed by atoms with Crippen molar-refractivity contribution in [1.29, 1.82) is 0 Å². The highest BCUT2D eigenvalue weighted by atomic mass is 16.5. The molecule has 102 valence electrons. The maximum absolute atomic E-state index is 11.5. The van der Waals surface area contributed by atoms with Gasteiger partial charge in [0.2, 0.25) is 0 Å². The first-order valence-electron chi connectivity index (χ1n) is 6.17. The Kier molecular flexibility index (Phi) is 4.15. The molecule has 0 radical (unpaired) electrons. The van der Waals surface area contributed by atoms with E-state index in [4.69, 9.17) is 0 Å². The molecular formula is C16H15NO3. The van der Waals surface area contributed by atoms with Crippen LogP contribution in [0.5, 0.6) is 0 Å². The Morgan fingerprint density at radius 3 is 2.25 bits per heavy atom.